The van der Waals surface area contributed by atoms with Gasteiger partial charge in [-0.25, -0.2) is 0 Å². The third-order valence-electron chi connectivity index (χ3n) is 1.44. The monoisotopic (exact) mass is 177 g/mol. The van der Waals surface area contributed by atoms with Crippen molar-refractivity contribution in [3.63, 3.8) is 0 Å². The molecule has 1 aromatic carbocycles. The molecule has 0 fully saturated rings. The lowest BCUT2D eigenvalue weighted by atomic mass is 10.1. The first-order valence-electron chi connectivity index (χ1n) is 3.39. The topological polar surface area (TPSA) is 118 Å². The fourth-order valence-corrected chi connectivity index (χ4v) is 0.870. The quantitative estimate of drug-likeness (QED) is 0.291. The Bertz CT molecular complexity index is 394. The first kappa shape index (κ1) is 8.89. The van der Waals surface area contributed by atoms with Gasteiger partial charge in [0.05, 0.1) is 0 Å². The molecule has 0 saturated carbocycles. The number of carbonyl (C=O) groups is 1. The molecule has 13 heavy (non-hydrogen) atoms. The van der Waals surface area contributed by atoms with Crippen LogP contribution in [0.4, 0.5) is 11.4 Å². The van der Waals surface area contributed by atoms with Crippen LogP contribution in [0.25, 0.3) is 10.4 Å². The number of rotatable bonds is 1. The Morgan fingerprint density at radius 3 is 2.69 bits per heavy atom. The zero-order valence-electron chi connectivity index (χ0n) is 6.64. The minimum Gasteiger partial charge on any atom is -0.399 e. The summed E-state index contributed by atoms with van der Waals surface area (Å²) in [6, 6.07) is 4.36. The predicted molar refractivity (Wildman–Crippen MR) is 48.7 cm³/mol. The maximum absolute atomic E-state index is 11.0. The van der Waals surface area contributed by atoms with E-state index in [0.29, 0.717) is 5.69 Å². The summed E-state index contributed by atoms with van der Waals surface area (Å²) in [6.07, 6.45) is 0. The lowest BCUT2D eigenvalue weighted by Crippen LogP contribution is -2.01. The average Bonchev–Trinajstić information content (AvgIpc) is 2.04. The first-order valence-corrected chi connectivity index (χ1v) is 3.39. The van der Waals surface area contributed by atoms with Crippen LogP contribution in [0.15, 0.2) is 23.3 Å². The molecule has 0 radical (unpaired) electrons. The molecule has 0 aliphatic heterocycles. The molecule has 1 amide bonds. The molecule has 66 valence electrons. The third kappa shape index (κ3) is 1.88. The van der Waals surface area contributed by atoms with Gasteiger partial charge in [-0.2, -0.15) is 0 Å². The average molecular weight is 177 g/mol. The molecule has 4 N–H and O–H groups in total. The number of carbonyl (C=O) groups excluding carboxylic acids is 1. The van der Waals surface area contributed by atoms with Crippen LogP contribution in [0.1, 0.15) is 10.4 Å². The summed E-state index contributed by atoms with van der Waals surface area (Å²) in [5.74, 6) is -0.708. The number of hydrogen-bond acceptors (Lipinski definition) is 3. The van der Waals surface area contributed by atoms with Crippen molar-refractivity contribution in [1.82, 2.24) is 0 Å². The highest BCUT2D eigenvalue weighted by Crippen LogP contribution is 2.16. The van der Waals surface area contributed by atoms with E-state index in [1.54, 1.807) is 0 Å². The molecule has 0 aromatic heterocycles. The Morgan fingerprint density at radius 1 is 1.46 bits per heavy atom. The smallest absolute Gasteiger partial charge is 0.251 e. The second-order valence-electron chi connectivity index (χ2n) is 2.34. The van der Waals surface area contributed by atoms with Gasteiger partial charge < -0.3 is 11.5 Å². The van der Waals surface area contributed by atoms with Gasteiger partial charge in [0, 0.05) is 21.8 Å². The van der Waals surface area contributed by atoms with Gasteiger partial charge in [0.15, 0.2) is 0 Å². The Kier molecular flexibility index (Phi) is 2.37. The van der Waals surface area contributed by atoms with E-state index in [0.717, 1.165) is 0 Å². The number of azide groups is 1. The number of benzene rings is 1. The summed E-state index contributed by atoms with van der Waals surface area (Å²) < 4.78 is 0. The molecule has 1 aromatic rings. The predicted octanol–water partition coefficient (Wildman–Crippen LogP) is 1.30. The van der Waals surface area contributed by atoms with Crippen molar-refractivity contribution in [1.29, 1.82) is 0 Å². The molecular formula is C7H7N5O. The van der Waals surface area contributed by atoms with Gasteiger partial charge in [-0.1, -0.05) is 0 Å². The maximum atomic E-state index is 11.0. The van der Waals surface area contributed by atoms with Crippen molar-refractivity contribution >= 4 is 17.3 Å². The molecule has 0 saturated heterocycles. The highest BCUT2D eigenvalue weighted by Gasteiger charge is 2.06. The molecule has 6 nitrogen and oxygen atoms in total. The highest BCUT2D eigenvalue weighted by atomic mass is 16.1. The van der Waals surface area contributed by atoms with Crippen molar-refractivity contribution in [2.45, 2.75) is 0 Å². The summed E-state index contributed by atoms with van der Waals surface area (Å²) in [4.78, 5) is 13.4. The zero-order chi connectivity index (χ0) is 9.84. The van der Waals surface area contributed by atoms with E-state index >= 15 is 0 Å². The van der Waals surface area contributed by atoms with E-state index in [1.807, 2.05) is 0 Å². The minimum absolute atomic E-state index is 0.159. The molecular weight excluding hydrogens is 170 g/mol. The summed E-state index contributed by atoms with van der Waals surface area (Å²) in [5, 5.41) is 2.91. The first-order chi connectivity index (χ1) is 6.15. The van der Waals surface area contributed by atoms with Gasteiger partial charge in [0.2, 0.25) is 0 Å². The molecule has 0 aliphatic carbocycles. The zero-order valence-corrected chi connectivity index (χ0v) is 6.64. The van der Waals surface area contributed by atoms with Crippen LogP contribution in [0, 0.1) is 0 Å². The van der Waals surface area contributed by atoms with E-state index in [1.165, 1.54) is 18.2 Å². The van der Waals surface area contributed by atoms with Crippen LogP contribution in [0.2, 0.25) is 0 Å². The Balaban J connectivity index is 3.16. The SMILES string of the molecule is [N-]=[N+]=NC(=O)c1ccc(N)cc1N. The van der Waals surface area contributed by atoms with Crippen LogP contribution < -0.4 is 11.5 Å². The van der Waals surface area contributed by atoms with Crippen LogP contribution in [-0.2, 0) is 0 Å². The molecule has 0 aliphatic rings. The van der Waals surface area contributed by atoms with Crippen molar-refractivity contribution in [3.8, 4) is 0 Å². The van der Waals surface area contributed by atoms with Crippen LogP contribution in [0.3, 0.4) is 0 Å². The number of hydrogen-bond donors (Lipinski definition) is 2. The molecule has 0 atom stereocenters. The van der Waals surface area contributed by atoms with Gasteiger partial charge >= 0.3 is 0 Å². The Hall–Kier alpha value is -2.20. The largest absolute Gasteiger partial charge is 0.399 e. The number of nitrogens with two attached hydrogens (primary N) is 2. The fraction of sp³-hybridized carbons (Fsp3) is 0. The normalized spacial score (nSPS) is 8.92. The van der Waals surface area contributed by atoms with Crippen LogP contribution in [-0.4, -0.2) is 5.91 Å². The van der Waals surface area contributed by atoms with Crippen LogP contribution >= 0.6 is 0 Å². The number of nitrogen functional groups attached to an aromatic ring is 2. The minimum atomic E-state index is -0.708. The second kappa shape index (κ2) is 3.46. The lowest BCUT2D eigenvalue weighted by molar-refractivity contribution is 0.100. The fourth-order valence-electron chi connectivity index (χ4n) is 0.870. The molecule has 0 unspecified atom stereocenters. The lowest BCUT2D eigenvalue weighted by Gasteiger charge is -2.01. The highest BCUT2D eigenvalue weighted by molar-refractivity contribution is 6.00. The Morgan fingerprint density at radius 2 is 2.15 bits per heavy atom. The van der Waals surface area contributed by atoms with Gasteiger partial charge in [-0.15, -0.1) is 0 Å². The van der Waals surface area contributed by atoms with Crippen molar-refractivity contribution in [3.05, 3.63) is 34.2 Å². The van der Waals surface area contributed by atoms with Crippen LogP contribution in [0.5, 0.6) is 0 Å². The van der Waals surface area contributed by atoms with Crippen molar-refractivity contribution in [2.75, 3.05) is 11.5 Å². The number of anilines is 2. The number of amides is 1. The molecule has 1 rings (SSSR count). The van der Waals surface area contributed by atoms with Crippen molar-refractivity contribution < 1.29 is 4.79 Å². The molecule has 0 spiro atoms. The van der Waals surface area contributed by atoms with Gasteiger partial charge in [0.1, 0.15) is 0 Å². The van der Waals surface area contributed by atoms with Gasteiger partial charge in [0.25, 0.3) is 5.91 Å². The van der Waals surface area contributed by atoms with E-state index in [2.05, 4.69) is 10.0 Å². The molecule has 0 heterocycles. The van der Waals surface area contributed by atoms with E-state index < -0.39 is 5.91 Å². The summed E-state index contributed by atoms with van der Waals surface area (Å²) in [6.45, 7) is 0. The number of nitrogens with zero attached hydrogens (tertiary/aromatic N) is 3. The molecule has 0 bridgehead atoms. The summed E-state index contributed by atoms with van der Waals surface area (Å²) in [5.41, 5.74) is 19.7. The Labute approximate surface area is 73.8 Å². The van der Waals surface area contributed by atoms with Crippen molar-refractivity contribution in [2.24, 2.45) is 5.11 Å². The summed E-state index contributed by atoms with van der Waals surface area (Å²) in [7, 11) is 0. The third-order valence-corrected chi connectivity index (χ3v) is 1.44. The second-order valence-corrected chi connectivity index (χ2v) is 2.34. The maximum Gasteiger partial charge on any atom is 0.251 e. The standard InChI is InChI=1S/C7H7N5O/c8-4-1-2-5(6(9)3-4)7(13)11-12-10/h1-3H,8-9H2. The van der Waals surface area contributed by atoms with E-state index in [-0.39, 0.29) is 11.3 Å². The van der Waals surface area contributed by atoms with Gasteiger partial charge in [-0.3, -0.25) is 4.79 Å². The van der Waals surface area contributed by atoms with Gasteiger partial charge in [-0.05, 0) is 28.8 Å². The van der Waals surface area contributed by atoms with E-state index in [4.69, 9.17) is 17.0 Å². The van der Waals surface area contributed by atoms with E-state index in [9.17, 15) is 4.79 Å². The molecule has 6 heteroatoms. The summed E-state index contributed by atoms with van der Waals surface area (Å²) >= 11 is 0.